The molecule has 0 bridgehead atoms. The molecule has 0 aromatic heterocycles. The molecule has 4 nitrogen and oxygen atoms in total. The first-order valence-corrected chi connectivity index (χ1v) is 11.7. The van der Waals surface area contributed by atoms with Gasteiger partial charge in [-0.1, -0.05) is 52.5 Å². The van der Waals surface area contributed by atoms with Gasteiger partial charge in [-0.25, -0.2) is 0 Å². The van der Waals surface area contributed by atoms with Gasteiger partial charge in [0.05, 0.1) is 6.07 Å². The molecule has 0 saturated heterocycles. The van der Waals surface area contributed by atoms with Gasteiger partial charge in [-0.2, -0.15) is 5.26 Å². The molecule has 3 rings (SSSR count). The molecule has 1 heterocycles. The van der Waals surface area contributed by atoms with Gasteiger partial charge in [0.1, 0.15) is 17.1 Å². The van der Waals surface area contributed by atoms with Crippen molar-refractivity contribution in [1.29, 1.82) is 5.26 Å². The van der Waals surface area contributed by atoms with Crippen molar-refractivity contribution in [2.75, 3.05) is 0 Å². The largest absolute Gasteiger partial charge is 0.487 e. The molecule has 1 aliphatic carbocycles. The van der Waals surface area contributed by atoms with Gasteiger partial charge in [-0.3, -0.25) is 4.79 Å². The van der Waals surface area contributed by atoms with Gasteiger partial charge in [0.15, 0.2) is 0 Å². The number of fused-ring (bicyclic) bond motifs is 3. The van der Waals surface area contributed by atoms with E-state index in [9.17, 15) is 10.1 Å². The Morgan fingerprint density at radius 2 is 2.03 bits per heavy atom. The standard InChI is InChI=1S/C27H37NO3/c1-7-8-9-10-13-26(3,4)20-15-23(30-18(2)29)25-21-14-19(17-28)11-12-22(21)27(5,6)31-24(25)16-20/h11,15-16,21-22H,7-10,12-14H2,1-6H3. The zero-order valence-corrected chi connectivity index (χ0v) is 20.0. The van der Waals surface area contributed by atoms with Crippen LogP contribution < -0.4 is 9.47 Å². The maximum Gasteiger partial charge on any atom is 0.308 e. The quantitative estimate of drug-likeness (QED) is 0.270. The fourth-order valence-corrected chi connectivity index (χ4v) is 5.24. The van der Waals surface area contributed by atoms with Crippen molar-refractivity contribution in [2.45, 2.75) is 103 Å². The number of nitrogens with zero attached hydrogens (tertiary/aromatic N) is 1. The summed E-state index contributed by atoms with van der Waals surface area (Å²) in [5.74, 6) is 1.43. The lowest BCUT2D eigenvalue weighted by atomic mass is 9.66. The number of allylic oxidation sites excluding steroid dienone is 2. The van der Waals surface area contributed by atoms with Crippen LogP contribution in [0.15, 0.2) is 23.8 Å². The smallest absolute Gasteiger partial charge is 0.308 e. The average Bonchev–Trinajstić information content (AvgIpc) is 2.69. The van der Waals surface area contributed by atoms with Gasteiger partial charge in [-0.15, -0.1) is 0 Å². The summed E-state index contributed by atoms with van der Waals surface area (Å²) in [5, 5.41) is 9.51. The van der Waals surface area contributed by atoms with Crippen molar-refractivity contribution in [3.05, 3.63) is 34.9 Å². The van der Waals surface area contributed by atoms with E-state index in [1.165, 1.54) is 32.6 Å². The number of carbonyl (C=O) groups excluding carboxylic acids is 1. The summed E-state index contributed by atoms with van der Waals surface area (Å²) >= 11 is 0. The van der Waals surface area contributed by atoms with E-state index in [4.69, 9.17) is 9.47 Å². The van der Waals surface area contributed by atoms with Gasteiger partial charge in [0.2, 0.25) is 0 Å². The maximum atomic E-state index is 12.0. The fourth-order valence-electron chi connectivity index (χ4n) is 5.24. The summed E-state index contributed by atoms with van der Waals surface area (Å²) < 4.78 is 12.3. The van der Waals surface area contributed by atoms with E-state index in [0.29, 0.717) is 12.2 Å². The molecule has 168 valence electrons. The van der Waals surface area contributed by atoms with Crippen molar-refractivity contribution >= 4 is 5.97 Å². The molecule has 0 fully saturated rings. The monoisotopic (exact) mass is 423 g/mol. The van der Waals surface area contributed by atoms with Crippen molar-refractivity contribution in [2.24, 2.45) is 5.92 Å². The van der Waals surface area contributed by atoms with E-state index in [1.807, 2.05) is 12.1 Å². The summed E-state index contributed by atoms with van der Waals surface area (Å²) in [4.78, 5) is 12.0. The summed E-state index contributed by atoms with van der Waals surface area (Å²) in [6, 6.07) is 6.54. The average molecular weight is 424 g/mol. The number of hydrogen-bond acceptors (Lipinski definition) is 4. The molecule has 1 aromatic rings. The van der Waals surface area contributed by atoms with Crippen molar-refractivity contribution < 1.29 is 14.3 Å². The van der Waals surface area contributed by atoms with Gasteiger partial charge < -0.3 is 9.47 Å². The molecule has 2 unspecified atom stereocenters. The molecule has 1 aliphatic heterocycles. The minimum atomic E-state index is -0.355. The van der Waals surface area contributed by atoms with Crippen LogP contribution in [0.5, 0.6) is 11.5 Å². The number of benzene rings is 1. The molecular weight excluding hydrogens is 386 g/mol. The first kappa shape index (κ1) is 23.4. The first-order chi connectivity index (χ1) is 14.6. The predicted molar refractivity (Wildman–Crippen MR) is 123 cm³/mol. The molecule has 0 spiro atoms. The second kappa shape index (κ2) is 9.07. The van der Waals surface area contributed by atoms with E-state index in [-0.39, 0.29) is 28.8 Å². The molecule has 0 amide bonds. The molecule has 31 heavy (non-hydrogen) atoms. The van der Waals surface area contributed by atoms with Crippen LogP contribution in [0.25, 0.3) is 0 Å². The van der Waals surface area contributed by atoms with Crippen LogP contribution in [0.4, 0.5) is 0 Å². The Morgan fingerprint density at radius 1 is 1.29 bits per heavy atom. The second-order valence-corrected chi connectivity index (χ2v) is 10.4. The number of rotatable bonds is 7. The van der Waals surface area contributed by atoms with E-state index in [0.717, 1.165) is 35.3 Å². The molecule has 0 saturated carbocycles. The molecule has 0 N–H and O–H groups in total. The van der Waals surface area contributed by atoms with Crippen molar-refractivity contribution in [1.82, 2.24) is 0 Å². The lowest BCUT2D eigenvalue weighted by molar-refractivity contribution is -0.132. The topological polar surface area (TPSA) is 59.3 Å². The minimum Gasteiger partial charge on any atom is -0.487 e. The van der Waals surface area contributed by atoms with E-state index in [2.05, 4.69) is 46.8 Å². The highest BCUT2D eigenvalue weighted by Crippen LogP contribution is 2.55. The Morgan fingerprint density at radius 3 is 2.68 bits per heavy atom. The maximum absolute atomic E-state index is 12.0. The zero-order chi connectivity index (χ0) is 22.8. The number of hydrogen-bond donors (Lipinski definition) is 0. The summed E-state index contributed by atoms with van der Waals surface area (Å²) in [7, 11) is 0. The van der Waals surface area contributed by atoms with Gasteiger partial charge in [0, 0.05) is 29.9 Å². The Kier molecular flexibility index (Phi) is 6.84. The zero-order valence-electron chi connectivity index (χ0n) is 20.0. The predicted octanol–water partition coefficient (Wildman–Crippen LogP) is 6.97. The highest BCUT2D eigenvalue weighted by molar-refractivity contribution is 5.71. The Labute approximate surface area is 187 Å². The molecule has 2 atom stereocenters. The van der Waals surface area contributed by atoms with Crippen molar-refractivity contribution in [3.8, 4) is 17.6 Å². The highest BCUT2D eigenvalue weighted by Gasteiger charge is 2.47. The second-order valence-electron chi connectivity index (χ2n) is 10.4. The van der Waals surface area contributed by atoms with Crippen LogP contribution in [-0.2, 0) is 10.2 Å². The van der Waals surface area contributed by atoms with Crippen LogP contribution in [-0.4, -0.2) is 11.6 Å². The lowest BCUT2D eigenvalue weighted by Crippen LogP contribution is -2.45. The summed E-state index contributed by atoms with van der Waals surface area (Å²) in [6.45, 7) is 12.4. The third-order valence-corrected chi connectivity index (χ3v) is 7.12. The first-order valence-electron chi connectivity index (χ1n) is 11.7. The van der Waals surface area contributed by atoms with Crippen LogP contribution in [0.2, 0.25) is 0 Å². The normalized spacial score (nSPS) is 21.8. The molecule has 0 radical (unpaired) electrons. The number of nitriles is 1. The Bertz CT molecular complexity index is 904. The molecule has 4 heteroatoms. The minimum absolute atomic E-state index is 0.0493. The lowest BCUT2D eigenvalue weighted by Gasteiger charge is -2.47. The van der Waals surface area contributed by atoms with Crippen molar-refractivity contribution in [3.63, 3.8) is 0 Å². The third kappa shape index (κ3) is 4.97. The van der Waals surface area contributed by atoms with Gasteiger partial charge in [-0.05, 0) is 56.2 Å². The fraction of sp³-hybridized carbons (Fsp3) is 0.630. The summed E-state index contributed by atoms with van der Waals surface area (Å²) in [5.41, 5.74) is 2.49. The van der Waals surface area contributed by atoms with Crippen LogP contribution in [0, 0.1) is 17.2 Å². The van der Waals surface area contributed by atoms with Gasteiger partial charge in [0.25, 0.3) is 0 Å². The Balaban J connectivity index is 2.06. The van der Waals surface area contributed by atoms with Crippen LogP contribution in [0.1, 0.15) is 104 Å². The SMILES string of the molecule is CCCCCCC(C)(C)c1cc(OC(C)=O)c2c(c1)OC(C)(C)C1CC=C(C#N)CC21. The summed E-state index contributed by atoms with van der Waals surface area (Å²) in [6.07, 6.45) is 9.46. The van der Waals surface area contributed by atoms with E-state index >= 15 is 0 Å². The number of ether oxygens (including phenoxy) is 2. The van der Waals surface area contributed by atoms with Crippen LogP contribution in [0.3, 0.4) is 0 Å². The number of carbonyl (C=O) groups is 1. The number of esters is 1. The van der Waals surface area contributed by atoms with E-state index in [1.54, 1.807) is 0 Å². The molecule has 1 aromatic carbocycles. The van der Waals surface area contributed by atoms with Crippen LogP contribution >= 0.6 is 0 Å². The highest BCUT2D eigenvalue weighted by atomic mass is 16.5. The molecule has 2 aliphatic rings. The Hall–Kier alpha value is -2.28. The number of unbranched alkanes of at least 4 members (excludes halogenated alkanes) is 3. The molecular formula is C27H37NO3. The van der Waals surface area contributed by atoms with E-state index < -0.39 is 0 Å². The third-order valence-electron chi connectivity index (χ3n) is 7.12. The van der Waals surface area contributed by atoms with Gasteiger partial charge >= 0.3 is 5.97 Å².